The van der Waals surface area contributed by atoms with E-state index >= 15 is 0 Å². The van der Waals surface area contributed by atoms with Gasteiger partial charge in [0.05, 0.1) is 20.3 Å². The molecule has 1 aliphatic carbocycles. The van der Waals surface area contributed by atoms with E-state index in [9.17, 15) is 5.11 Å². The number of hydrogen-bond donors (Lipinski definition) is 1. The van der Waals surface area contributed by atoms with Gasteiger partial charge in [0.25, 0.3) is 0 Å². The van der Waals surface area contributed by atoms with Crippen LogP contribution in [-0.2, 0) is 0 Å². The number of hydrogen-bond acceptors (Lipinski definition) is 3. The second kappa shape index (κ2) is 5.41. The molecule has 1 aromatic carbocycles. The van der Waals surface area contributed by atoms with Crippen molar-refractivity contribution < 1.29 is 14.6 Å². The van der Waals surface area contributed by atoms with Crippen LogP contribution in [0.4, 0.5) is 0 Å². The van der Waals surface area contributed by atoms with Gasteiger partial charge in [0.2, 0.25) is 0 Å². The Balaban J connectivity index is 2.11. The third-order valence-electron chi connectivity index (χ3n) is 3.54. The molecule has 3 nitrogen and oxygen atoms in total. The summed E-state index contributed by atoms with van der Waals surface area (Å²) in [6, 6.07) is 5.58. The molecule has 1 aliphatic rings. The SMILES string of the molecule is COc1cc(OC)cc(C(O)CC2CCC2)c1. The molecule has 2 rings (SSSR count). The largest absolute Gasteiger partial charge is 0.497 e. The minimum Gasteiger partial charge on any atom is -0.497 e. The lowest BCUT2D eigenvalue weighted by atomic mass is 9.80. The standard InChI is InChI=1S/C14H20O3/c1-16-12-7-11(8-13(9-12)17-2)14(15)6-10-4-3-5-10/h7-10,14-15H,3-6H2,1-2H3. The van der Waals surface area contributed by atoms with E-state index in [1.807, 2.05) is 18.2 Å². The van der Waals surface area contributed by atoms with Gasteiger partial charge in [-0.15, -0.1) is 0 Å². The normalized spacial score (nSPS) is 17.4. The molecule has 0 aliphatic heterocycles. The maximum Gasteiger partial charge on any atom is 0.122 e. The Morgan fingerprint density at radius 2 is 1.76 bits per heavy atom. The molecule has 3 heteroatoms. The van der Waals surface area contributed by atoms with Crippen LogP contribution in [0, 0.1) is 5.92 Å². The van der Waals surface area contributed by atoms with Crippen LogP contribution in [0.3, 0.4) is 0 Å². The predicted octanol–water partition coefficient (Wildman–Crippen LogP) is 2.93. The number of benzene rings is 1. The van der Waals surface area contributed by atoms with E-state index in [1.165, 1.54) is 19.3 Å². The molecule has 0 amide bonds. The Morgan fingerprint density at radius 1 is 1.18 bits per heavy atom. The molecule has 1 atom stereocenters. The highest BCUT2D eigenvalue weighted by Crippen LogP contribution is 2.36. The summed E-state index contributed by atoms with van der Waals surface area (Å²) >= 11 is 0. The number of rotatable bonds is 5. The van der Waals surface area contributed by atoms with E-state index < -0.39 is 6.10 Å². The number of ether oxygens (including phenoxy) is 2. The molecule has 17 heavy (non-hydrogen) atoms. The molecule has 1 saturated carbocycles. The van der Waals surface area contributed by atoms with Crippen molar-refractivity contribution in [2.75, 3.05) is 14.2 Å². The Bertz CT molecular complexity index is 349. The molecular formula is C14H20O3. The molecule has 0 spiro atoms. The van der Waals surface area contributed by atoms with Crippen LogP contribution in [0.25, 0.3) is 0 Å². The minimum absolute atomic E-state index is 0.413. The van der Waals surface area contributed by atoms with E-state index in [0.29, 0.717) is 5.92 Å². The maximum atomic E-state index is 10.2. The summed E-state index contributed by atoms with van der Waals surface area (Å²) in [5.41, 5.74) is 0.883. The van der Waals surface area contributed by atoms with Gasteiger partial charge in [-0.25, -0.2) is 0 Å². The topological polar surface area (TPSA) is 38.7 Å². The smallest absolute Gasteiger partial charge is 0.122 e. The summed E-state index contributed by atoms with van der Waals surface area (Å²) in [5, 5.41) is 10.2. The summed E-state index contributed by atoms with van der Waals surface area (Å²) in [6.45, 7) is 0. The van der Waals surface area contributed by atoms with E-state index in [4.69, 9.17) is 9.47 Å². The van der Waals surface area contributed by atoms with Gasteiger partial charge in [0.1, 0.15) is 11.5 Å². The molecule has 1 N–H and O–H groups in total. The lowest BCUT2D eigenvalue weighted by Gasteiger charge is -2.27. The van der Waals surface area contributed by atoms with Crippen molar-refractivity contribution in [2.45, 2.75) is 31.8 Å². The summed E-state index contributed by atoms with van der Waals surface area (Å²) in [4.78, 5) is 0. The zero-order chi connectivity index (χ0) is 12.3. The summed E-state index contributed by atoms with van der Waals surface area (Å²) in [6.07, 6.45) is 4.23. The van der Waals surface area contributed by atoms with Crippen LogP contribution in [0.15, 0.2) is 18.2 Å². The van der Waals surface area contributed by atoms with Gasteiger partial charge >= 0.3 is 0 Å². The molecule has 0 bridgehead atoms. The van der Waals surface area contributed by atoms with Gasteiger partial charge in [-0.2, -0.15) is 0 Å². The van der Waals surface area contributed by atoms with Gasteiger partial charge in [-0.3, -0.25) is 0 Å². The van der Waals surface area contributed by atoms with Gasteiger partial charge in [-0.05, 0) is 30.0 Å². The number of aliphatic hydroxyl groups is 1. The van der Waals surface area contributed by atoms with E-state index in [-0.39, 0.29) is 0 Å². The fourth-order valence-corrected chi connectivity index (χ4v) is 2.20. The van der Waals surface area contributed by atoms with Gasteiger partial charge in [0.15, 0.2) is 0 Å². The highest BCUT2D eigenvalue weighted by Gasteiger charge is 2.22. The predicted molar refractivity (Wildman–Crippen MR) is 66.5 cm³/mol. The van der Waals surface area contributed by atoms with Crippen molar-refractivity contribution in [1.82, 2.24) is 0 Å². The van der Waals surface area contributed by atoms with Crippen molar-refractivity contribution in [1.29, 1.82) is 0 Å². The van der Waals surface area contributed by atoms with Gasteiger partial charge in [-0.1, -0.05) is 19.3 Å². The highest BCUT2D eigenvalue weighted by molar-refractivity contribution is 5.39. The molecular weight excluding hydrogens is 216 g/mol. The summed E-state index contributed by atoms with van der Waals surface area (Å²) in [7, 11) is 3.24. The van der Waals surface area contributed by atoms with Gasteiger partial charge in [0, 0.05) is 6.07 Å². The van der Waals surface area contributed by atoms with E-state index in [0.717, 1.165) is 23.5 Å². The van der Waals surface area contributed by atoms with Crippen molar-refractivity contribution in [3.8, 4) is 11.5 Å². The van der Waals surface area contributed by atoms with Crippen molar-refractivity contribution in [3.63, 3.8) is 0 Å². The molecule has 1 fully saturated rings. The number of methoxy groups -OCH3 is 2. The highest BCUT2D eigenvalue weighted by atomic mass is 16.5. The van der Waals surface area contributed by atoms with Crippen LogP contribution < -0.4 is 9.47 Å². The first-order valence-electron chi connectivity index (χ1n) is 6.14. The average molecular weight is 236 g/mol. The third kappa shape index (κ3) is 2.91. The fourth-order valence-electron chi connectivity index (χ4n) is 2.20. The van der Waals surface area contributed by atoms with E-state index in [1.54, 1.807) is 14.2 Å². The van der Waals surface area contributed by atoms with Crippen molar-refractivity contribution in [3.05, 3.63) is 23.8 Å². The Kier molecular flexibility index (Phi) is 3.89. The molecule has 1 unspecified atom stereocenters. The van der Waals surface area contributed by atoms with Crippen LogP contribution >= 0.6 is 0 Å². The molecule has 0 radical (unpaired) electrons. The minimum atomic E-state index is -0.413. The van der Waals surface area contributed by atoms with Crippen LogP contribution in [0.5, 0.6) is 11.5 Å². The first-order valence-corrected chi connectivity index (χ1v) is 6.14. The quantitative estimate of drug-likeness (QED) is 0.854. The molecule has 0 aromatic heterocycles. The average Bonchev–Trinajstić information content (AvgIpc) is 2.32. The first kappa shape index (κ1) is 12.2. The lowest BCUT2D eigenvalue weighted by molar-refractivity contribution is 0.118. The Morgan fingerprint density at radius 3 is 2.18 bits per heavy atom. The second-order valence-corrected chi connectivity index (χ2v) is 4.69. The molecule has 0 saturated heterocycles. The van der Waals surface area contributed by atoms with Crippen molar-refractivity contribution >= 4 is 0 Å². The monoisotopic (exact) mass is 236 g/mol. The molecule has 94 valence electrons. The first-order chi connectivity index (χ1) is 8.22. The van der Waals surface area contributed by atoms with Crippen LogP contribution in [0.2, 0.25) is 0 Å². The zero-order valence-electron chi connectivity index (χ0n) is 10.5. The maximum absolute atomic E-state index is 10.2. The summed E-state index contributed by atoms with van der Waals surface area (Å²) < 4.78 is 10.4. The molecule has 1 aromatic rings. The summed E-state index contributed by atoms with van der Waals surface area (Å²) in [5.74, 6) is 2.14. The molecule has 0 heterocycles. The van der Waals surface area contributed by atoms with E-state index in [2.05, 4.69) is 0 Å². The fraction of sp³-hybridized carbons (Fsp3) is 0.571. The Labute approximate surface area is 102 Å². The second-order valence-electron chi connectivity index (χ2n) is 4.69. The lowest BCUT2D eigenvalue weighted by Crippen LogP contribution is -2.14. The third-order valence-corrected chi connectivity index (χ3v) is 3.54. The number of aliphatic hydroxyl groups excluding tert-OH is 1. The van der Waals surface area contributed by atoms with Crippen LogP contribution in [0.1, 0.15) is 37.4 Å². The van der Waals surface area contributed by atoms with Crippen molar-refractivity contribution in [2.24, 2.45) is 5.92 Å². The zero-order valence-corrected chi connectivity index (χ0v) is 10.5. The van der Waals surface area contributed by atoms with Crippen LogP contribution in [-0.4, -0.2) is 19.3 Å². The van der Waals surface area contributed by atoms with Gasteiger partial charge < -0.3 is 14.6 Å². The Hall–Kier alpha value is -1.22.